The molecular formula is C10H10N2O2S2. The lowest BCUT2D eigenvalue weighted by Crippen LogP contribution is -1.95. The fourth-order valence-electron chi connectivity index (χ4n) is 1.44. The van der Waals surface area contributed by atoms with Gasteiger partial charge in [-0.05, 0) is 18.2 Å². The summed E-state index contributed by atoms with van der Waals surface area (Å²) in [6.45, 7) is 3.62. The van der Waals surface area contributed by atoms with Crippen molar-refractivity contribution < 1.29 is 8.76 Å². The van der Waals surface area contributed by atoms with Crippen LogP contribution in [-0.2, 0) is 26.4 Å². The minimum Gasteiger partial charge on any atom is -0.342 e. The van der Waals surface area contributed by atoms with Gasteiger partial charge in [-0.2, -0.15) is 0 Å². The number of aromatic nitrogens is 2. The molecule has 1 atom stereocenters. The minimum atomic E-state index is -3.33. The van der Waals surface area contributed by atoms with Crippen molar-refractivity contribution in [2.24, 2.45) is 0 Å². The van der Waals surface area contributed by atoms with Crippen molar-refractivity contribution in [2.75, 3.05) is 0 Å². The first-order valence-corrected chi connectivity index (χ1v) is 7.02. The van der Waals surface area contributed by atoms with Gasteiger partial charge >= 0.3 is 0 Å². The number of hydrogen-bond donors (Lipinski definition) is 2. The largest absolute Gasteiger partial charge is 0.342 e. The van der Waals surface area contributed by atoms with Crippen molar-refractivity contribution in [2.45, 2.75) is 11.3 Å². The van der Waals surface area contributed by atoms with E-state index in [-0.39, 0.29) is 4.90 Å². The quantitative estimate of drug-likeness (QED) is 0.821. The third-order valence-corrected chi connectivity index (χ3v) is 3.56. The summed E-state index contributed by atoms with van der Waals surface area (Å²) in [5.74, 6) is 0.774. The van der Waals surface area contributed by atoms with Crippen LogP contribution in [0.2, 0.25) is 0 Å². The fourth-order valence-corrected chi connectivity index (χ4v) is 2.25. The molecule has 2 N–H and O–H groups in total. The topological polar surface area (TPSA) is 66.0 Å². The van der Waals surface area contributed by atoms with Crippen LogP contribution in [0.5, 0.6) is 0 Å². The molecule has 1 heterocycles. The first-order valence-electron chi connectivity index (χ1n) is 4.58. The Labute approximate surface area is 97.9 Å². The zero-order chi connectivity index (χ0) is 11.8. The molecule has 4 nitrogen and oxygen atoms in total. The molecule has 0 bridgehead atoms. The molecule has 16 heavy (non-hydrogen) atoms. The van der Waals surface area contributed by atoms with E-state index in [0.717, 1.165) is 11.3 Å². The van der Waals surface area contributed by atoms with E-state index in [2.05, 4.69) is 27.7 Å². The van der Waals surface area contributed by atoms with Crippen molar-refractivity contribution in [3.63, 3.8) is 0 Å². The minimum absolute atomic E-state index is 0.226. The molecule has 2 aromatic rings. The number of aromatic amines is 1. The number of rotatable bonds is 3. The lowest BCUT2D eigenvalue weighted by Gasteiger charge is -1.97. The number of imidazole rings is 1. The summed E-state index contributed by atoms with van der Waals surface area (Å²) in [5.41, 5.74) is 1.46. The van der Waals surface area contributed by atoms with Gasteiger partial charge in [0.05, 0.1) is 15.9 Å². The van der Waals surface area contributed by atoms with Gasteiger partial charge < -0.3 is 9.54 Å². The molecule has 84 valence electrons. The van der Waals surface area contributed by atoms with Crippen LogP contribution >= 0.6 is 0 Å². The normalized spacial score (nSPS) is 14.8. The lowest BCUT2D eigenvalue weighted by molar-refractivity contribution is 0.562. The van der Waals surface area contributed by atoms with Crippen LogP contribution in [0.1, 0.15) is 5.82 Å². The SMILES string of the molecule is C=CCc1nc2ccc(S(=O)(O)=S)cc2[nH]1. The first kappa shape index (κ1) is 11.3. The molecule has 1 aromatic carbocycles. The average molecular weight is 254 g/mol. The molecule has 1 unspecified atom stereocenters. The van der Waals surface area contributed by atoms with Crippen LogP contribution in [0.3, 0.4) is 0 Å². The van der Waals surface area contributed by atoms with Crippen LogP contribution < -0.4 is 0 Å². The summed E-state index contributed by atoms with van der Waals surface area (Å²) in [4.78, 5) is 7.56. The molecule has 0 aliphatic heterocycles. The molecule has 1 aromatic heterocycles. The van der Waals surface area contributed by atoms with Crippen LogP contribution in [-0.4, -0.2) is 18.7 Å². The summed E-state index contributed by atoms with van der Waals surface area (Å²) >= 11 is 4.51. The Balaban J connectivity index is 2.58. The van der Waals surface area contributed by atoms with E-state index in [0.29, 0.717) is 11.9 Å². The van der Waals surface area contributed by atoms with E-state index >= 15 is 0 Å². The van der Waals surface area contributed by atoms with Gasteiger partial charge in [0.15, 0.2) is 8.77 Å². The molecule has 0 saturated carbocycles. The second-order valence-corrected chi connectivity index (χ2v) is 6.11. The first-order chi connectivity index (χ1) is 7.50. The second-order valence-electron chi connectivity index (χ2n) is 3.33. The molecule has 0 fully saturated rings. The van der Waals surface area contributed by atoms with Crippen LogP contribution in [0.4, 0.5) is 0 Å². The number of fused-ring (bicyclic) bond motifs is 1. The highest BCUT2D eigenvalue weighted by molar-refractivity contribution is 8.29. The number of nitrogens with zero attached hydrogens (tertiary/aromatic N) is 1. The standard InChI is InChI=1S/C10H10N2O2S2/c1-2-3-10-11-8-5-4-7(16(13,14)15)6-9(8)12-10/h2,4-6H,1,3H2,(H,11,12)(H,13,14,15). The van der Waals surface area contributed by atoms with Gasteiger partial charge in [0, 0.05) is 17.6 Å². The Morgan fingerprint density at radius 1 is 1.62 bits per heavy atom. The maximum atomic E-state index is 11.3. The van der Waals surface area contributed by atoms with E-state index in [1.807, 2.05) is 0 Å². The zero-order valence-corrected chi connectivity index (χ0v) is 9.98. The van der Waals surface area contributed by atoms with Gasteiger partial charge in [0.1, 0.15) is 5.82 Å². The predicted molar refractivity (Wildman–Crippen MR) is 66.4 cm³/mol. The number of allylic oxidation sites excluding steroid dienone is 1. The predicted octanol–water partition coefficient (Wildman–Crippen LogP) is 1.87. The highest BCUT2D eigenvalue weighted by atomic mass is 32.8. The molecule has 0 aliphatic rings. The van der Waals surface area contributed by atoms with E-state index in [1.54, 1.807) is 18.2 Å². The van der Waals surface area contributed by atoms with Gasteiger partial charge in [0.2, 0.25) is 0 Å². The number of H-pyrrole nitrogens is 1. The average Bonchev–Trinajstić information content (AvgIpc) is 2.57. The van der Waals surface area contributed by atoms with Crippen molar-refractivity contribution >= 4 is 31.0 Å². The van der Waals surface area contributed by atoms with E-state index < -0.39 is 8.77 Å². The zero-order valence-electron chi connectivity index (χ0n) is 8.34. The summed E-state index contributed by atoms with van der Waals surface area (Å²) in [6.07, 6.45) is 2.37. The molecule has 0 spiro atoms. The second kappa shape index (κ2) is 3.97. The summed E-state index contributed by atoms with van der Waals surface area (Å²) < 4.78 is 20.5. The van der Waals surface area contributed by atoms with Crippen molar-refractivity contribution in [1.82, 2.24) is 9.97 Å². The van der Waals surface area contributed by atoms with Crippen molar-refractivity contribution in [3.05, 3.63) is 36.7 Å². The number of nitrogens with one attached hydrogen (secondary N) is 1. The van der Waals surface area contributed by atoms with Gasteiger partial charge in [0.25, 0.3) is 0 Å². The van der Waals surface area contributed by atoms with Gasteiger partial charge in [-0.25, -0.2) is 9.19 Å². The van der Waals surface area contributed by atoms with Crippen LogP contribution in [0, 0.1) is 0 Å². The molecule has 0 aliphatic carbocycles. The maximum absolute atomic E-state index is 11.3. The Hall–Kier alpha value is -1.24. The Kier molecular flexibility index (Phi) is 2.79. The van der Waals surface area contributed by atoms with E-state index in [9.17, 15) is 8.76 Å². The monoisotopic (exact) mass is 254 g/mol. The van der Waals surface area contributed by atoms with E-state index in [1.165, 1.54) is 6.07 Å². The number of hydrogen-bond acceptors (Lipinski definition) is 3. The fraction of sp³-hybridized carbons (Fsp3) is 0.100. The van der Waals surface area contributed by atoms with Crippen LogP contribution in [0.15, 0.2) is 35.7 Å². The Morgan fingerprint density at radius 3 is 3.00 bits per heavy atom. The van der Waals surface area contributed by atoms with Crippen molar-refractivity contribution in [1.29, 1.82) is 0 Å². The molecule has 0 amide bonds. The summed E-state index contributed by atoms with van der Waals surface area (Å²) in [5, 5.41) is 0. The molecule has 6 heteroatoms. The van der Waals surface area contributed by atoms with Gasteiger partial charge in [-0.1, -0.05) is 6.08 Å². The smallest absolute Gasteiger partial charge is 0.171 e. The molecule has 0 saturated heterocycles. The molecule has 0 radical (unpaired) electrons. The van der Waals surface area contributed by atoms with E-state index in [4.69, 9.17) is 0 Å². The third-order valence-electron chi connectivity index (χ3n) is 2.14. The Morgan fingerprint density at radius 2 is 2.38 bits per heavy atom. The van der Waals surface area contributed by atoms with Gasteiger partial charge in [-0.3, -0.25) is 0 Å². The van der Waals surface area contributed by atoms with Crippen molar-refractivity contribution in [3.8, 4) is 0 Å². The third kappa shape index (κ3) is 2.13. The Bertz CT molecular complexity index is 644. The highest BCUT2D eigenvalue weighted by Gasteiger charge is 2.08. The maximum Gasteiger partial charge on any atom is 0.171 e. The lowest BCUT2D eigenvalue weighted by atomic mass is 10.3. The molecular weight excluding hydrogens is 244 g/mol. The van der Waals surface area contributed by atoms with Gasteiger partial charge in [-0.15, -0.1) is 6.58 Å². The number of benzene rings is 1. The highest BCUT2D eigenvalue weighted by Crippen LogP contribution is 2.17. The summed E-state index contributed by atoms with van der Waals surface area (Å²) in [7, 11) is -3.33. The summed E-state index contributed by atoms with van der Waals surface area (Å²) in [6, 6.07) is 4.76. The van der Waals surface area contributed by atoms with Crippen LogP contribution in [0.25, 0.3) is 11.0 Å². The molecule has 2 rings (SSSR count).